The first-order chi connectivity index (χ1) is 7.29. The van der Waals surface area contributed by atoms with E-state index >= 15 is 0 Å². The van der Waals surface area contributed by atoms with E-state index in [9.17, 15) is 4.39 Å². The average molecular weight is 220 g/mol. The van der Waals surface area contributed by atoms with Gasteiger partial charge in [0.1, 0.15) is 5.82 Å². The van der Waals surface area contributed by atoms with Crippen LogP contribution in [0.25, 0.3) is 4.85 Å². The van der Waals surface area contributed by atoms with Crippen molar-refractivity contribution in [1.82, 2.24) is 0 Å². The Labute approximate surface area is 96.5 Å². The Morgan fingerprint density at radius 2 is 1.81 bits per heavy atom. The van der Waals surface area contributed by atoms with Crippen LogP contribution in [0.1, 0.15) is 26.3 Å². The lowest BCUT2D eigenvalue weighted by Gasteiger charge is -2.23. The van der Waals surface area contributed by atoms with E-state index in [1.165, 1.54) is 0 Å². The second-order valence-electron chi connectivity index (χ2n) is 5.05. The molecule has 1 rings (SSSR count). The summed E-state index contributed by atoms with van der Waals surface area (Å²) < 4.78 is 14.1. The summed E-state index contributed by atoms with van der Waals surface area (Å²) in [5.41, 5.74) is 1.04. The monoisotopic (exact) mass is 220 g/mol. The van der Waals surface area contributed by atoms with Gasteiger partial charge < -0.3 is 4.90 Å². The first-order valence-electron chi connectivity index (χ1n) is 5.16. The number of rotatable bonds is 1. The van der Waals surface area contributed by atoms with Crippen LogP contribution >= 0.6 is 0 Å². The van der Waals surface area contributed by atoms with Crippen LogP contribution in [0.15, 0.2) is 12.1 Å². The molecule has 0 unspecified atom stereocenters. The molecule has 0 aromatic heterocycles. The van der Waals surface area contributed by atoms with Gasteiger partial charge in [-0.15, -0.1) is 0 Å². The molecule has 0 heterocycles. The third-order valence-corrected chi connectivity index (χ3v) is 2.50. The first kappa shape index (κ1) is 12.5. The summed E-state index contributed by atoms with van der Waals surface area (Å²) in [4.78, 5) is 5.05. The van der Waals surface area contributed by atoms with Crippen molar-refractivity contribution in [3.8, 4) is 0 Å². The van der Waals surface area contributed by atoms with E-state index in [4.69, 9.17) is 6.57 Å². The van der Waals surface area contributed by atoms with Crippen molar-refractivity contribution in [2.75, 3.05) is 19.0 Å². The van der Waals surface area contributed by atoms with Gasteiger partial charge >= 0.3 is 0 Å². The number of anilines is 1. The van der Waals surface area contributed by atoms with Gasteiger partial charge in [0.25, 0.3) is 0 Å². The van der Waals surface area contributed by atoms with Crippen LogP contribution in [0.4, 0.5) is 15.8 Å². The van der Waals surface area contributed by atoms with Gasteiger partial charge in [-0.25, -0.2) is 9.24 Å². The largest absolute Gasteiger partial charge is 0.386 e. The fourth-order valence-corrected chi connectivity index (χ4v) is 1.60. The van der Waals surface area contributed by atoms with E-state index in [1.54, 1.807) is 31.1 Å². The molecule has 0 amide bonds. The molecular formula is C13H17FN2. The third kappa shape index (κ3) is 2.16. The molecule has 0 bridgehead atoms. The standard InChI is InChI=1S/C13H17FN2/c1-13(2,3)9-7-8-10(16(5)6)12(15-4)11(9)14/h7-8H,1-3,5-6H3. The van der Waals surface area contributed by atoms with Crippen molar-refractivity contribution in [2.45, 2.75) is 26.2 Å². The van der Waals surface area contributed by atoms with Gasteiger partial charge in [-0.3, -0.25) is 0 Å². The molecule has 0 spiro atoms. The van der Waals surface area contributed by atoms with Gasteiger partial charge in [0, 0.05) is 19.8 Å². The quantitative estimate of drug-likeness (QED) is 0.654. The molecular weight excluding hydrogens is 203 g/mol. The lowest BCUT2D eigenvalue weighted by Crippen LogP contribution is -2.15. The molecule has 0 radical (unpaired) electrons. The smallest absolute Gasteiger partial charge is 0.244 e. The van der Waals surface area contributed by atoms with Crippen molar-refractivity contribution in [3.05, 3.63) is 34.9 Å². The van der Waals surface area contributed by atoms with Crippen LogP contribution in [0.2, 0.25) is 0 Å². The van der Waals surface area contributed by atoms with E-state index < -0.39 is 5.82 Å². The molecule has 1 aromatic carbocycles. The number of hydrogen-bond acceptors (Lipinski definition) is 1. The van der Waals surface area contributed by atoms with Crippen molar-refractivity contribution >= 4 is 11.4 Å². The Morgan fingerprint density at radius 1 is 1.25 bits per heavy atom. The predicted octanol–water partition coefficient (Wildman–Crippen LogP) is 3.74. The molecule has 0 saturated heterocycles. The van der Waals surface area contributed by atoms with Crippen molar-refractivity contribution in [3.63, 3.8) is 0 Å². The van der Waals surface area contributed by atoms with Crippen LogP contribution in [0.5, 0.6) is 0 Å². The number of nitrogens with zero attached hydrogens (tertiary/aromatic N) is 2. The molecule has 0 saturated carbocycles. The molecule has 0 atom stereocenters. The van der Waals surface area contributed by atoms with Crippen LogP contribution in [0.3, 0.4) is 0 Å². The summed E-state index contributed by atoms with van der Waals surface area (Å²) in [6.07, 6.45) is 0. The van der Waals surface area contributed by atoms with E-state index in [1.807, 2.05) is 20.8 Å². The second-order valence-corrected chi connectivity index (χ2v) is 5.05. The average Bonchev–Trinajstić information content (AvgIpc) is 2.14. The minimum Gasteiger partial charge on any atom is -0.386 e. The SMILES string of the molecule is [C-]#[N+]c1c(N(C)C)ccc(C(C)(C)C)c1F. The van der Waals surface area contributed by atoms with E-state index in [0.717, 1.165) is 0 Å². The Kier molecular flexibility index (Phi) is 3.23. The minimum absolute atomic E-state index is 0.109. The lowest BCUT2D eigenvalue weighted by molar-refractivity contribution is 0.526. The van der Waals surface area contributed by atoms with Gasteiger partial charge in [-0.1, -0.05) is 26.8 Å². The highest BCUT2D eigenvalue weighted by atomic mass is 19.1. The third-order valence-electron chi connectivity index (χ3n) is 2.50. The normalized spacial score (nSPS) is 11.1. The topological polar surface area (TPSA) is 7.60 Å². The van der Waals surface area contributed by atoms with Crippen molar-refractivity contribution in [1.29, 1.82) is 0 Å². The maximum atomic E-state index is 14.1. The van der Waals surface area contributed by atoms with Gasteiger partial charge in [0.2, 0.25) is 5.69 Å². The zero-order chi connectivity index (χ0) is 12.5. The maximum Gasteiger partial charge on any atom is 0.244 e. The second kappa shape index (κ2) is 4.13. The first-order valence-corrected chi connectivity index (χ1v) is 5.16. The van der Waals surface area contributed by atoms with Crippen LogP contribution in [0, 0.1) is 12.4 Å². The van der Waals surface area contributed by atoms with Crippen molar-refractivity contribution < 1.29 is 4.39 Å². The fraction of sp³-hybridized carbons (Fsp3) is 0.462. The zero-order valence-corrected chi connectivity index (χ0v) is 10.4. The van der Waals surface area contributed by atoms with Crippen LogP contribution in [-0.2, 0) is 5.41 Å². The van der Waals surface area contributed by atoms with Gasteiger partial charge in [0.05, 0.1) is 6.57 Å². The Morgan fingerprint density at radius 3 is 2.19 bits per heavy atom. The van der Waals surface area contributed by atoms with E-state index in [-0.39, 0.29) is 11.1 Å². The fourth-order valence-electron chi connectivity index (χ4n) is 1.60. The summed E-state index contributed by atoms with van der Waals surface area (Å²) in [5.74, 6) is -0.395. The van der Waals surface area contributed by atoms with Crippen LogP contribution < -0.4 is 4.90 Å². The Hall–Kier alpha value is -1.56. The minimum atomic E-state index is -0.395. The molecule has 3 heteroatoms. The van der Waals surface area contributed by atoms with Gasteiger partial charge in [-0.2, -0.15) is 0 Å². The van der Waals surface area contributed by atoms with Crippen molar-refractivity contribution in [2.24, 2.45) is 0 Å². The Balaban J connectivity index is 3.49. The molecule has 1 aromatic rings. The van der Waals surface area contributed by atoms with E-state index in [2.05, 4.69) is 4.85 Å². The number of hydrogen-bond donors (Lipinski definition) is 0. The maximum absolute atomic E-state index is 14.1. The molecule has 2 nitrogen and oxygen atoms in total. The molecule has 0 N–H and O–H groups in total. The summed E-state index contributed by atoms with van der Waals surface area (Å²) >= 11 is 0. The molecule has 0 aliphatic rings. The van der Waals surface area contributed by atoms with Gasteiger partial charge in [-0.05, 0) is 17.0 Å². The van der Waals surface area contributed by atoms with Crippen LogP contribution in [-0.4, -0.2) is 14.1 Å². The van der Waals surface area contributed by atoms with Gasteiger partial charge in [0.15, 0.2) is 0 Å². The molecule has 0 fully saturated rings. The zero-order valence-electron chi connectivity index (χ0n) is 10.4. The highest BCUT2D eigenvalue weighted by Gasteiger charge is 2.22. The predicted molar refractivity (Wildman–Crippen MR) is 65.7 cm³/mol. The Bertz CT molecular complexity index is 436. The van der Waals surface area contributed by atoms with E-state index in [0.29, 0.717) is 11.3 Å². The molecule has 0 aliphatic carbocycles. The highest BCUT2D eigenvalue weighted by molar-refractivity contribution is 5.72. The summed E-state index contributed by atoms with van der Waals surface area (Å²) in [5, 5.41) is 0. The molecule has 0 aliphatic heterocycles. The molecule has 86 valence electrons. The molecule has 16 heavy (non-hydrogen) atoms. The lowest BCUT2D eigenvalue weighted by atomic mass is 9.86. The highest BCUT2D eigenvalue weighted by Crippen LogP contribution is 2.37. The summed E-state index contributed by atoms with van der Waals surface area (Å²) in [6, 6.07) is 3.57. The number of halogens is 1. The summed E-state index contributed by atoms with van der Waals surface area (Å²) in [6.45, 7) is 12.9. The summed E-state index contributed by atoms with van der Waals surface area (Å²) in [7, 11) is 3.61. The number of benzene rings is 1.